The number of hydrogen-bond donors (Lipinski definition) is 1. The molecule has 7 nitrogen and oxygen atoms in total. The van der Waals surface area contributed by atoms with E-state index in [-0.39, 0.29) is 30.6 Å². The molecule has 1 N–H and O–H groups in total. The average molecular weight is 409 g/mol. The highest BCUT2D eigenvalue weighted by Crippen LogP contribution is 2.49. The number of halogens is 1. The van der Waals surface area contributed by atoms with E-state index < -0.39 is 5.41 Å². The predicted octanol–water partition coefficient (Wildman–Crippen LogP) is 2.65. The monoisotopic (exact) mass is 408 g/mol. The molecule has 1 saturated heterocycles. The van der Waals surface area contributed by atoms with Gasteiger partial charge in [0, 0.05) is 24.2 Å². The summed E-state index contributed by atoms with van der Waals surface area (Å²) in [4.78, 5) is 38.0. The van der Waals surface area contributed by atoms with E-state index in [1.165, 1.54) is 0 Å². The average Bonchev–Trinajstić information content (AvgIpc) is 3.49. The van der Waals surface area contributed by atoms with Crippen molar-refractivity contribution in [2.75, 3.05) is 26.3 Å². The maximum atomic E-state index is 12.5. The highest BCUT2D eigenvalue weighted by atomic mass is 35.5. The highest BCUT2D eigenvalue weighted by Gasteiger charge is 2.52. The third-order valence-electron chi connectivity index (χ3n) is 5.26. The second-order valence-electron chi connectivity index (χ2n) is 7.19. The molecule has 0 bridgehead atoms. The van der Waals surface area contributed by atoms with Crippen molar-refractivity contribution in [1.82, 2.24) is 10.2 Å². The van der Waals surface area contributed by atoms with Crippen LogP contribution in [0.15, 0.2) is 24.3 Å². The molecule has 152 valence electrons. The molecule has 1 saturated carbocycles. The Bertz CT molecular complexity index is 725. The predicted molar refractivity (Wildman–Crippen MR) is 103 cm³/mol. The SMILES string of the molecule is CCOC(=O)N1CCC(NC(=O)COC(=O)C2(c3ccc(Cl)cc3)CC2)CC1. The normalized spacial score (nSPS) is 18.3. The minimum Gasteiger partial charge on any atom is -0.455 e. The van der Waals surface area contributed by atoms with Crippen molar-refractivity contribution >= 4 is 29.6 Å². The first kappa shape index (κ1) is 20.5. The van der Waals surface area contributed by atoms with Crippen LogP contribution >= 0.6 is 11.6 Å². The van der Waals surface area contributed by atoms with Gasteiger partial charge in [-0.25, -0.2) is 4.79 Å². The number of benzene rings is 1. The molecule has 1 aromatic carbocycles. The Morgan fingerprint density at radius 1 is 1.14 bits per heavy atom. The second kappa shape index (κ2) is 8.82. The Labute approximate surface area is 169 Å². The molecule has 2 fully saturated rings. The molecule has 3 rings (SSSR count). The summed E-state index contributed by atoms with van der Waals surface area (Å²) in [6, 6.07) is 7.12. The molecule has 2 amide bonds. The number of nitrogens with zero attached hydrogens (tertiary/aromatic N) is 1. The largest absolute Gasteiger partial charge is 0.455 e. The minimum atomic E-state index is -0.643. The zero-order chi connectivity index (χ0) is 20.1. The van der Waals surface area contributed by atoms with Gasteiger partial charge >= 0.3 is 12.1 Å². The van der Waals surface area contributed by atoms with E-state index in [2.05, 4.69) is 5.32 Å². The molecule has 0 unspecified atom stereocenters. The van der Waals surface area contributed by atoms with Crippen molar-refractivity contribution in [3.63, 3.8) is 0 Å². The molecule has 0 spiro atoms. The van der Waals surface area contributed by atoms with Gasteiger partial charge in [-0.2, -0.15) is 0 Å². The van der Waals surface area contributed by atoms with Gasteiger partial charge in [-0.3, -0.25) is 9.59 Å². The van der Waals surface area contributed by atoms with E-state index in [0.29, 0.717) is 50.4 Å². The summed E-state index contributed by atoms with van der Waals surface area (Å²) in [5.74, 6) is -0.697. The van der Waals surface area contributed by atoms with Gasteiger partial charge in [0.2, 0.25) is 0 Å². The fourth-order valence-electron chi connectivity index (χ4n) is 3.46. The van der Waals surface area contributed by atoms with Crippen molar-refractivity contribution in [3.8, 4) is 0 Å². The number of nitrogens with one attached hydrogen (secondary N) is 1. The van der Waals surface area contributed by atoms with Crippen LogP contribution in [0.4, 0.5) is 4.79 Å². The zero-order valence-corrected chi connectivity index (χ0v) is 16.7. The van der Waals surface area contributed by atoms with Crippen LogP contribution in [0.2, 0.25) is 5.02 Å². The van der Waals surface area contributed by atoms with Crippen molar-refractivity contribution < 1.29 is 23.9 Å². The number of rotatable bonds is 6. The number of piperidine rings is 1. The Morgan fingerprint density at radius 3 is 2.36 bits per heavy atom. The van der Waals surface area contributed by atoms with E-state index >= 15 is 0 Å². The Hall–Kier alpha value is -2.28. The van der Waals surface area contributed by atoms with Gasteiger partial charge in [0.1, 0.15) is 0 Å². The van der Waals surface area contributed by atoms with Crippen LogP contribution in [-0.4, -0.2) is 55.2 Å². The van der Waals surface area contributed by atoms with Gasteiger partial charge in [-0.15, -0.1) is 0 Å². The van der Waals surface area contributed by atoms with Gasteiger partial charge in [0.15, 0.2) is 6.61 Å². The van der Waals surface area contributed by atoms with Gasteiger partial charge in [-0.1, -0.05) is 23.7 Å². The van der Waals surface area contributed by atoms with Crippen LogP contribution in [-0.2, 0) is 24.5 Å². The maximum Gasteiger partial charge on any atom is 0.409 e. The summed E-state index contributed by atoms with van der Waals surface area (Å²) in [6.07, 6.45) is 2.39. The Kier molecular flexibility index (Phi) is 6.44. The molecule has 2 aliphatic rings. The number of hydrogen-bond acceptors (Lipinski definition) is 5. The van der Waals surface area contributed by atoms with Crippen molar-refractivity contribution in [3.05, 3.63) is 34.9 Å². The van der Waals surface area contributed by atoms with Crippen molar-refractivity contribution in [1.29, 1.82) is 0 Å². The summed E-state index contributed by atoms with van der Waals surface area (Å²) in [5.41, 5.74) is 0.226. The molecule has 0 atom stereocenters. The third kappa shape index (κ3) is 4.76. The first-order chi connectivity index (χ1) is 13.4. The zero-order valence-electron chi connectivity index (χ0n) is 15.9. The summed E-state index contributed by atoms with van der Waals surface area (Å²) in [6.45, 7) is 2.88. The number of carbonyl (C=O) groups excluding carboxylic acids is 3. The highest BCUT2D eigenvalue weighted by molar-refractivity contribution is 6.30. The first-order valence-electron chi connectivity index (χ1n) is 9.59. The topological polar surface area (TPSA) is 84.9 Å². The summed E-state index contributed by atoms with van der Waals surface area (Å²) in [5, 5.41) is 3.48. The van der Waals surface area contributed by atoms with Crippen molar-refractivity contribution in [2.24, 2.45) is 0 Å². The molecule has 28 heavy (non-hydrogen) atoms. The molecule has 1 aromatic rings. The summed E-state index contributed by atoms with van der Waals surface area (Å²) >= 11 is 5.90. The third-order valence-corrected chi connectivity index (χ3v) is 5.51. The Balaban J connectivity index is 1.42. The fraction of sp³-hybridized carbons (Fsp3) is 0.550. The van der Waals surface area contributed by atoms with E-state index in [4.69, 9.17) is 21.1 Å². The molecule has 1 heterocycles. The molecule has 1 aliphatic heterocycles. The van der Waals surface area contributed by atoms with Gasteiger partial charge in [0.25, 0.3) is 5.91 Å². The number of likely N-dealkylation sites (tertiary alicyclic amines) is 1. The number of amides is 2. The lowest BCUT2D eigenvalue weighted by molar-refractivity contribution is -0.151. The van der Waals surface area contributed by atoms with Gasteiger partial charge in [-0.05, 0) is 50.3 Å². The van der Waals surface area contributed by atoms with Gasteiger partial charge in [0.05, 0.1) is 12.0 Å². The summed E-state index contributed by atoms with van der Waals surface area (Å²) in [7, 11) is 0. The van der Waals surface area contributed by atoms with Crippen LogP contribution in [0, 0.1) is 0 Å². The number of esters is 1. The molecule has 0 aromatic heterocycles. The summed E-state index contributed by atoms with van der Waals surface area (Å²) < 4.78 is 10.3. The van der Waals surface area contributed by atoms with Crippen LogP contribution in [0.5, 0.6) is 0 Å². The molecule has 8 heteroatoms. The lowest BCUT2D eigenvalue weighted by atomic mass is 9.96. The minimum absolute atomic E-state index is 0.0389. The Morgan fingerprint density at radius 2 is 1.79 bits per heavy atom. The van der Waals surface area contributed by atoms with E-state index in [1.807, 2.05) is 12.1 Å². The smallest absolute Gasteiger partial charge is 0.409 e. The van der Waals surface area contributed by atoms with Crippen LogP contribution in [0.25, 0.3) is 0 Å². The first-order valence-corrected chi connectivity index (χ1v) is 9.97. The van der Waals surface area contributed by atoms with E-state index in [0.717, 1.165) is 5.56 Å². The molecule has 1 aliphatic carbocycles. The lowest BCUT2D eigenvalue weighted by Crippen LogP contribution is -2.47. The van der Waals surface area contributed by atoms with E-state index in [9.17, 15) is 14.4 Å². The van der Waals surface area contributed by atoms with Crippen molar-refractivity contribution in [2.45, 2.75) is 44.1 Å². The standard InChI is InChI=1S/C20H25ClN2O5/c1-2-27-19(26)23-11-7-16(8-12-23)22-17(24)13-28-18(25)20(9-10-20)14-3-5-15(21)6-4-14/h3-6,16H,2,7-13H2,1H3,(H,22,24). The number of ether oxygens (including phenoxy) is 2. The quantitative estimate of drug-likeness (QED) is 0.731. The lowest BCUT2D eigenvalue weighted by Gasteiger charge is -2.31. The van der Waals surface area contributed by atoms with E-state index in [1.54, 1.807) is 24.0 Å². The number of carbonyl (C=O) groups is 3. The molecular weight excluding hydrogens is 384 g/mol. The van der Waals surface area contributed by atoms with Crippen LogP contribution in [0.3, 0.4) is 0 Å². The van der Waals surface area contributed by atoms with Gasteiger partial charge < -0.3 is 19.7 Å². The molecular formula is C20H25ClN2O5. The molecule has 0 radical (unpaired) electrons. The maximum absolute atomic E-state index is 12.5. The van der Waals surface area contributed by atoms with Crippen LogP contribution in [0.1, 0.15) is 38.2 Å². The fourth-order valence-corrected chi connectivity index (χ4v) is 3.59. The second-order valence-corrected chi connectivity index (χ2v) is 7.63. The van der Waals surface area contributed by atoms with Crippen LogP contribution < -0.4 is 5.32 Å².